The molecule has 4 nitrogen and oxygen atoms in total. The fourth-order valence-corrected chi connectivity index (χ4v) is 1.52. The number of amides is 1. The first-order chi connectivity index (χ1) is 8.65. The standard InChI is InChI=1S/C14H15N3O/c1-12(16)7-14(9-17(10-15)11-18)8-13-5-3-2-4-6-13/h2-7,9,11H,8,16H2,1H3/b12-7+,14-9+. The zero-order valence-electron chi connectivity index (χ0n) is 10.2. The fourth-order valence-electron chi connectivity index (χ4n) is 1.52. The number of benzene rings is 1. The molecule has 92 valence electrons. The zero-order valence-corrected chi connectivity index (χ0v) is 10.2. The van der Waals surface area contributed by atoms with Gasteiger partial charge in [-0.15, -0.1) is 0 Å². The van der Waals surface area contributed by atoms with Gasteiger partial charge in [-0.1, -0.05) is 30.3 Å². The maximum Gasteiger partial charge on any atom is 0.226 e. The Bertz CT molecular complexity index is 494. The van der Waals surface area contributed by atoms with Crippen LogP contribution in [0.25, 0.3) is 0 Å². The van der Waals surface area contributed by atoms with E-state index in [0.717, 1.165) is 16.0 Å². The van der Waals surface area contributed by atoms with Crippen molar-refractivity contribution >= 4 is 6.41 Å². The van der Waals surface area contributed by atoms with Crippen LogP contribution in [0.1, 0.15) is 12.5 Å². The van der Waals surface area contributed by atoms with Crippen molar-refractivity contribution in [2.45, 2.75) is 13.3 Å². The van der Waals surface area contributed by atoms with Crippen molar-refractivity contribution in [1.82, 2.24) is 4.90 Å². The quantitative estimate of drug-likeness (QED) is 0.370. The lowest BCUT2D eigenvalue weighted by molar-refractivity contribution is -0.113. The normalized spacial score (nSPS) is 11.8. The second kappa shape index (κ2) is 6.92. The highest BCUT2D eigenvalue weighted by Crippen LogP contribution is 2.10. The van der Waals surface area contributed by atoms with Crippen molar-refractivity contribution in [1.29, 1.82) is 5.26 Å². The van der Waals surface area contributed by atoms with Crippen molar-refractivity contribution in [3.8, 4) is 6.19 Å². The highest BCUT2D eigenvalue weighted by molar-refractivity contribution is 5.52. The molecule has 4 heteroatoms. The van der Waals surface area contributed by atoms with Crippen LogP contribution in [0.15, 0.2) is 53.9 Å². The van der Waals surface area contributed by atoms with E-state index in [0.29, 0.717) is 18.5 Å². The van der Waals surface area contributed by atoms with Gasteiger partial charge < -0.3 is 5.73 Å². The molecular formula is C14H15N3O. The Hall–Kier alpha value is -2.54. The molecule has 0 aliphatic heterocycles. The smallest absolute Gasteiger partial charge is 0.226 e. The SMILES string of the molecule is C/C(N)=C\C(=C/N(C#N)C=O)Cc1ccccc1. The monoisotopic (exact) mass is 241 g/mol. The summed E-state index contributed by atoms with van der Waals surface area (Å²) in [6, 6.07) is 9.77. The van der Waals surface area contributed by atoms with E-state index in [2.05, 4.69) is 0 Å². The Morgan fingerprint density at radius 1 is 1.44 bits per heavy atom. The highest BCUT2D eigenvalue weighted by atomic mass is 16.1. The second-order valence-electron chi connectivity index (χ2n) is 3.87. The van der Waals surface area contributed by atoms with Gasteiger partial charge in [-0.2, -0.15) is 5.26 Å². The zero-order chi connectivity index (χ0) is 13.4. The van der Waals surface area contributed by atoms with Gasteiger partial charge in [-0.3, -0.25) is 4.79 Å². The van der Waals surface area contributed by atoms with E-state index in [-0.39, 0.29) is 0 Å². The molecule has 1 aromatic carbocycles. The van der Waals surface area contributed by atoms with Gasteiger partial charge >= 0.3 is 0 Å². The van der Waals surface area contributed by atoms with Gasteiger partial charge in [-0.25, -0.2) is 4.90 Å². The van der Waals surface area contributed by atoms with E-state index >= 15 is 0 Å². The van der Waals surface area contributed by atoms with Crippen LogP contribution in [0, 0.1) is 11.5 Å². The Morgan fingerprint density at radius 2 is 2.11 bits per heavy atom. The van der Waals surface area contributed by atoms with E-state index in [9.17, 15) is 4.79 Å². The number of nitrogens with zero attached hydrogens (tertiary/aromatic N) is 2. The van der Waals surface area contributed by atoms with Gasteiger partial charge in [0, 0.05) is 11.9 Å². The third-order valence-electron chi connectivity index (χ3n) is 2.20. The minimum absolute atomic E-state index is 0.463. The Labute approximate surface area is 107 Å². The van der Waals surface area contributed by atoms with E-state index in [1.807, 2.05) is 30.3 Å². The number of hydrogen-bond donors (Lipinski definition) is 1. The van der Waals surface area contributed by atoms with Gasteiger partial charge in [0.05, 0.1) is 0 Å². The number of rotatable bonds is 5. The van der Waals surface area contributed by atoms with Gasteiger partial charge in [0.25, 0.3) is 0 Å². The number of nitriles is 1. The predicted molar refractivity (Wildman–Crippen MR) is 69.7 cm³/mol. The van der Waals surface area contributed by atoms with E-state index in [1.54, 1.807) is 19.2 Å². The van der Waals surface area contributed by atoms with Crippen LogP contribution >= 0.6 is 0 Å². The van der Waals surface area contributed by atoms with Crippen LogP contribution in [-0.2, 0) is 11.2 Å². The molecular weight excluding hydrogens is 226 g/mol. The van der Waals surface area contributed by atoms with Crippen LogP contribution in [0.5, 0.6) is 0 Å². The molecule has 0 unspecified atom stereocenters. The first-order valence-electron chi connectivity index (χ1n) is 5.47. The van der Waals surface area contributed by atoms with Gasteiger partial charge in [0.2, 0.25) is 6.41 Å². The minimum atomic E-state index is 0.463. The summed E-state index contributed by atoms with van der Waals surface area (Å²) in [6.07, 6.45) is 6.07. The molecule has 0 spiro atoms. The molecule has 0 atom stereocenters. The molecule has 1 rings (SSSR count). The molecule has 0 bridgehead atoms. The molecule has 0 saturated carbocycles. The molecule has 1 aromatic rings. The first kappa shape index (κ1) is 13.5. The lowest BCUT2D eigenvalue weighted by Crippen LogP contribution is -2.08. The van der Waals surface area contributed by atoms with E-state index < -0.39 is 0 Å². The second-order valence-corrected chi connectivity index (χ2v) is 3.87. The maximum atomic E-state index is 10.6. The average molecular weight is 241 g/mol. The van der Waals surface area contributed by atoms with Crippen molar-refractivity contribution in [2.24, 2.45) is 5.73 Å². The minimum Gasteiger partial charge on any atom is -0.402 e. The summed E-state index contributed by atoms with van der Waals surface area (Å²) < 4.78 is 0. The first-order valence-corrected chi connectivity index (χ1v) is 5.47. The topological polar surface area (TPSA) is 70.1 Å². The fraction of sp³-hybridized carbons (Fsp3) is 0.143. The Kier molecular flexibility index (Phi) is 5.20. The summed E-state index contributed by atoms with van der Waals surface area (Å²) in [5.74, 6) is 0. The molecule has 1 amide bonds. The van der Waals surface area contributed by atoms with Crippen molar-refractivity contribution in [2.75, 3.05) is 0 Å². The lowest BCUT2D eigenvalue weighted by atomic mass is 10.1. The molecule has 0 saturated heterocycles. The van der Waals surface area contributed by atoms with Crippen LogP contribution in [-0.4, -0.2) is 11.3 Å². The highest BCUT2D eigenvalue weighted by Gasteiger charge is 2.01. The van der Waals surface area contributed by atoms with Gasteiger partial charge in [-0.05, 0) is 30.6 Å². The number of carbonyl (C=O) groups is 1. The molecule has 0 aromatic heterocycles. The molecule has 18 heavy (non-hydrogen) atoms. The Morgan fingerprint density at radius 3 is 2.61 bits per heavy atom. The van der Waals surface area contributed by atoms with Crippen LogP contribution < -0.4 is 5.73 Å². The summed E-state index contributed by atoms with van der Waals surface area (Å²) in [5.41, 5.74) is 8.15. The average Bonchev–Trinajstić information content (AvgIpc) is 2.36. The number of hydrogen-bond acceptors (Lipinski definition) is 3. The van der Waals surface area contributed by atoms with Gasteiger partial charge in [0.1, 0.15) is 0 Å². The van der Waals surface area contributed by atoms with Crippen LogP contribution in [0.4, 0.5) is 0 Å². The number of allylic oxidation sites excluding steroid dienone is 3. The molecule has 0 heterocycles. The number of carbonyl (C=O) groups excluding carboxylic acids is 1. The maximum absolute atomic E-state index is 10.6. The van der Waals surface area contributed by atoms with Crippen LogP contribution in [0.2, 0.25) is 0 Å². The third kappa shape index (κ3) is 4.54. The van der Waals surface area contributed by atoms with Crippen molar-refractivity contribution < 1.29 is 4.79 Å². The Balaban J connectivity index is 2.97. The summed E-state index contributed by atoms with van der Waals surface area (Å²) in [6.45, 7) is 1.76. The molecule has 0 radical (unpaired) electrons. The summed E-state index contributed by atoms with van der Waals surface area (Å²) >= 11 is 0. The summed E-state index contributed by atoms with van der Waals surface area (Å²) in [7, 11) is 0. The summed E-state index contributed by atoms with van der Waals surface area (Å²) in [4.78, 5) is 11.5. The molecule has 0 aliphatic carbocycles. The van der Waals surface area contributed by atoms with Crippen molar-refractivity contribution in [3.05, 3.63) is 59.4 Å². The van der Waals surface area contributed by atoms with Crippen LogP contribution in [0.3, 0.4) is 0 Å². The molecule has 0 fully saturated rings. The van der Waals surface area contributed by atoms with E-state index in [1.165, 1.54) is 6.20 Å². The van der Waals surface area contributed by atoms with Crippen molar-refractivity contribution in [3.63, 3.8) is 0 Å². The largest absolute Gasteiger partial charge is 0.402 e. The van der Waals surface area contributed by atoms with Gasteiger partial charge in [0.15, 0.2) is 6.19 Å². The third-order valence-corrected chi connectivity index (χ3v) is 2.20. The van der Waals surface area contributed by atoms with E-state index in [4.69, 9.17) is 11.0 Å². The molecule has 2 N–H and O–H groups in total. The predicted octanol–water partition coefficient (Wildman–Crippen LogP) is 1.91. The number of nitrogens with two attached hydrogens (primary N) is 1. The lowest BCUT2D eigenvalue weighted by Gasteiger charge is -2.06. The summed E-state index contributed by atoms with van der Waals surface area (Å²) in [5, 5.41) is 8.72. The molecule has 0 aliphatic rings.